The monoisotopic (exact) mass is 308 g/mol. The van der Waals surface area contributed by atoms with Gasteiger partial charge in [0, 0.05) is 19.9 Å². The molecular formula is C19H20N2O2. The van der Waals surface area contributed by atoms with Crippen molar-refractivity contribution in [2.75, 3.05) is 0 Å². The van der Waals surface area contributed by atoms with Crippen molar-refractivity contribution < 1.29 is 9.21 Å². The zero-order valence-corrected chi connectivity index (χ0v) is 13.4. The topological polar surface area (TPSA) is 55.1 Å². The highest BCUT2D eigenvalue weighted by molar-refractivity contribution is 5.77. The highest BCUT2D eigenvalue weighted by atomic mass is 16.3. The second-order valence-electron chi connectivity index (χ2n) is 5.74. The Hall–Kier alpha value is -2.62. The fourth-order valence-corrected chi connectivity index (χ4v) is 2.59. The van der Waals surface area contributed by atoms with Crippen LogP contribution < -0.4 is 5.32 Å². The highest BCUT2D eigenvalue weighted by Gasteiger charge is 2.06. The normalized spacial score (nSPS) is 10.9. The molecule has 4 heteroatoms. The van der Waals surface area contributed by atoms with Gasteiger partial charge in [-0.25, -0.2) is 4.98 Å². The summed E-state index contributed by atoms with van der Waals surface area (Å²) in [6.07, 6.45) is 1.16. The molecule has 1 amide bonds. The maximum absolute atomic E-state index is 12.0. The average Bonchev–Trinajstić information content (AvgIpc) is 2.91. The number of rotatable bonds is 5. The van der Waals surface area contributed by atoms with Crippen molar-refractivity contribution in [3.63, 3.8) is 0 Å². The third kappa shape index (κ3) is 3.77. The van der Waals surface area contributed by atoms with Crippen LogP contribution in [0.4, 0.5) is 0 Å². The van der Waals surface area contributed by atoms with Crippen LogP contribution in [0.1, 0.15) is 29.0 Å². The first-order valence-electron chi connectivity index (χ1n) is 7.79. The highest BCUT2D eigenvalue weighted by Crippen LogP contribution is 2.17. The molecular weight excluding hydrogens is 288 g/mol. The summed E-state index contributed by atoms with van der Waals surface area (Å²) >= 11 is 0. The van der Waals surface area contributed by atoms with Crippen LogP contribution in [0.3, 0.4) is 0 Å². The molecule has 0 fully saturated rings. The van der Waals surface area contributed by atoms with Crippen LogP contribution in [-0.2, 0) is 17.8 Å². The number of benzene rings is 2. The molecule has 0 saturated carbocycles. The van der Waals surface area contributed by atoms with Crippen molar-refractivity contribution in [3.05, 3.63) is 65.0 Å². The number of carbonyl (C=O) groups is 1. The van der Waals surface area contributed by atoms with Gasteiger partial charge in [0.05, 0.1) is 0 Å². The average molecular weight is 308 g/mol. The van der Waals surface area contributed by atoms with E-state index < -0.39 is 0 Å². The Balaban J connectivity index is 1.54. The van der Waals surface area contributed by atoms with Crippen molar-refractivity contribution in [3.8, 4) is 0 Å². The lowest BCUT2D eigenvalue weighted by Crippen LogP contribution is -2.23. The lowest BCUT2D eigenvalue weighted by molar-refractivity contribution is -0.121. The first kappa shape index (κ1) is 15.3. The van der Waals surface area contributed by atoms with Crippen molar-refractivity contribution in [2.45, 2.75) is 33.2 Å². The molecule has 0 aliphatic heterocycles. The molecule has 0 spiro atoms. The minimum Gasteiger partial charge on any atom is -0.441 e. The summed E-state index contributed by atoms with van der Waals surface area (Å²) in [6, 6.07) is 14.0. The lowest BCUT2D eigenvalue weighted by atomic mass is 10.1. The molecule has 2 aromatic carbocycles. The van der Waals surface area contributed by atoms with Gasteiger partial charge in [-0.05, 0) is 42.2 Å². The van der Waals surface area contributed by atoms with Crippen LogP contribution in [0.2, 0.25) is 0 Å². The van der Waals surface area contributed by atoms with Gasteiger partial charge in [-0.15, -0.1) is 0 Å². The van der Waals surface area contributed by atoms with Gasteiger partial charge in [-0.3, -0.25) is 4.79 Å². The summed E-state index contributed by atoms with van der Waals surface area (Å²) in [5, 5.41) is 2.98. The van der Waals surface area contributed by atoms with Gasteiger partial charge in [-0.2, -0.15) is 0 Å². The van der Waals surface area contributed by atoms with Crippen molar-refractivity contribution >= 4 is 17.0 Å². The van der Waals surface area contributed by atoms with E-state index in [9.17, 15) is 4.79 Å². The van der Waals surface area contributed by atoms with Gasteiger partial charge in [0.15, 0.2) is 11.5 Å². The van der Waals surface area contributed by atoms with Crippen LogP contribution in [0.5, 0.6) is 0 Å². The van der Waals surface area contributed by atoms with E-state index in [1.165, 1.54) is 5.56 Å². The van der Waals surface area contributed by atoms with Crippen LogP contribution in [0.15, 0.2) is 46.9 Å². The Labute approximate surface area is 135 Å². The largest absolute Gasteiger partial charge is 0.441 e. The maximum atomic E-state index is 12.0. The minimum atomic E-state index is 0.0599. The van der Waals surface area contributed by atoms with Crippen LogP contribution >= 0.6 is 0 Å². The Morgan fingerprint density at radius 3 is 2.83 bits per heavy atom. The minimum absolute atomic E-state index is 0.0599. The molecule has 1 N–H and O–H groups in total. The summed E-state index contributed by atoms with van der Waals surface area (Å²) in [7, 11) is 0. The van der Waals surface area contributed by atoms with Gasteiger partial charge in [-0.1, -0.05) is 30.3 Å². The number of aromatic nitrogens is 1. The molecule has 1 heterocycles. The predicted octanol–water partition coefficient (Wildman–Crippen LogP) is 3.69. The molecule has 0 atom stereocenters. The number of oxazole rings is 1. The Kier molecular flexibility index (Phi) is 4.42. The molecule has 3 rings (SSSR count). The summed E-state index contributed by atoms with van der Waals surface area (Å²) in [4.78, 5) is 16.3. The Bertz CT molecular complexity index is 836. The number of amides is 1. The van der Waals surface area contributed by atoms with Crippen molar-refractivity contribution in [1.29, 1.82) is 0 Å². The van der Waals surface area contributed by atoms with E-state index in [0.29, 0.717) is 25.3 Å². The zero-order valence-electron chi connectivity index (χ0n) is 13.4. The predicted molar refractivity (Wildman–Crippen MR) is 90.1 cm³/mol. The molecule has 0 saturated heterocycles. The SMILES string of the molecule is Cc1nc2cc(CCC(=O)NCc3ccccc3C)ccc2o1. The zero-order chi connectivity index (χ0) is 16.2. The third-order valence-electron chi connectivity index (χ3n) is 3.94. The second-order valence-corrected chi connectivity index (χ2v) is 5.74. The molecule has 0 bridgehead atoms. The lowest BCUT2D eigenvalue weighted by Gasteiger charge is -2.08. The number of hydrogen-bond donors (Lipinski definition) is 1. The molecule has 4 nitrogen and oxygen atoms in total. The maximum Gasteiger partial charge on any atom is 0.220 e. The van der Waals surface area contributed by atoms with Crippen molar-refractivity contribution in [2.24, 2.45) is 0 Å². The first-order chi connectivity index (χ1) is 11.1. The number of nitrogens with zero attached hydrogens (tertiary/aromatic N) is 1. The standard InChI is InChI=1S/C19H20N2O2/c1-13-5-3-4-6-16(13)12-20-19(22)10-8-15-7-9-18-17(11-15)21-14(2)23-18/h3-7,9,11H,8,10,12H2,1-2H3,(H,20,22). The smallest absolute Gasteiger partial charge is 0.220 e. The van der Waals surface area contributed by atoms with E-state index >= 15 is 0 Å². The molecule has 0 radical (unpaired) electrons. The van der Waals surface area contributed by atoms with Crippen LogP contribution in [0, 0.1) is 13.8 Å². The fraction of sp³-hybridized carbons (Fsp3) is 0.263. The fourth-order valence-electron chi connectivity index (χ4n) is 2.59. The summed E-state index contributed by atoms with van der Waals surface area (Å²) < 4.78 is 5.46. The molecule has 1 aromatic heterocycles. The van der Waals surface area contributed by atoms with Crippen LogP contribution in [-0.4, -0.2) is 10.9 Å². The second kappa shape index (κ2) is 6.65. The summed E-state index contributed by atoms with van der Waals surface area (Å²) in [5.74, 6) is 0.720. The third-order valence-corrected chi connectivity index (χ3v) is 3.94. The van der Waals surface area contributed by atoms with Gasteiger partial charge in [0.2, 0.25) is 5.91 Å². The van der Waals surface area contributed by atoms with E-state index in [-0.39, 0.29) is 5.91 Å². The van der Waals surface area contributed by atoms with E-state index in [1.54, 1.807) is 0 Å². The number of aryl methyl sites for hydroxylation is 3. The molecule has 3 aromatic rings. The molecule has 0 aliphatic carbocycles. The molecule has 0 aliphatic rings. The van der Waals surface area contributed by atoms with Gasteiger partial charge in [0.1, 0.15) is 5.52 Å². The molecule has 23 heavy (non-hydrogen) atoms. The van der Waals surface area contributed by atoms with E-state index in [1.807, 2.05) is 43.3 Å². The summed E-state index contributed by atoms with van der Waals surface area (Å²) in [6.45, 7) is 4.46. The van der Waals surface area contributed by atoms with Crippen LogP contribution in [0.25, 0.3) is 11.1 Å². The van der Waals surface area contributed by atoms with Gasteiger partial charge < -0.3 is 9.73 Å². The first-order valence-corrected chi connectivity index (χ1v) is 7.79. The van der Waals surface area contributed by atoms with E-state index in [4.69, 9.17) is 4.42 Å². The number of carbonyl (C=O) groups excluding carboxylic acids is 1. The number of nitrogens with one attached hydrogen (secondary N) is 1. The van der Waals surface area contributed by atoms with Gasteiger partial charge >= 0.3 is 0 Å². The number of hydrogen-bond acceptors (Lipinski definition) is 3. The Morgan fingerprint density at radius 1 is 1.17 bits per heavy atom. The van der Waals surface area contributed by atoms with Gasteiger partial charge in [0.25, 0.3) is 0 Å². The van der Waals surface area contributed by atoms with E-state index in [0.717, 1.165) is 22.2 Å². The molecule has 118 valence electrons. The molecule has 0 unspecified atom stereocenters. The Morgan fingerprint density at radius 2 is 2.00 bits per heavy atom. The summed E-state index contributed by atoms with van der Waals surface area (Å²) in [5.41, 5.74) is 5.08. The van der Waals surface area contributed by atoms with E-state index in [2.05, 4.69) is 23.3 Å². The number of fused-ring (bicyclic) bond motifs is 1. The quantitative estimate of drug-likeness (QED) is 0.782. The van der Waals surface area contributed by atoms with Crippen molar-refractivity contribution in [1.82, 2.24) is 10.3 Å².